The Balaban J connectivity index is 1.42. The molecular formula is C15H19N5O2. The summed E-state index contributed by atoms with van der Waals surface area (Å²) >= 11 is 0. The molecule has 1 saturated heterocycles. The molecule has 2 aliphatic rings. The van der Waals surface area contributed by atoms with Crippen molar-refractivity contribution in [2.24, 2.45) is 0 Å². The maximum atomic E-state index is 12.5. The zero-order chi connectivity index (χ0) is 14.9. The number of carbonyl (C=O) groups excluding carboxylic acids is 1. The Morgan fingerprint density at radius 1 is 1.36 bits per heavy atom. The molecule has 4 rings (SSSR count). The smallest absolute Gasteiger partial charge is 0.229 e. The first-order valence-electron chi connectivity index (χ1n) is 7.90. The third-order valence-corrected chi connectivity index (χ3v) is 4.40. The summed E-state index contributed by atoms with van der Waals surface area (Å²) < 4.78 is 7.26. The number of carbonyl (C=O) groups is 1. The highest BCUT2D eigenvalue weighted by Crippen LogP contribution is 2.40. The van der Waals surface area contributed by atoms with Gasteiger partial charge < -0.3 is 14.0 Å². The number of aryl methyl sites for hydroxylation is 1. The van der Waals surface area contributed by atoms with Crippen LogP contribution in [0.4, 0.5) is 0 Å². The number of imidazole rings is 1. The minimum atomic E-state index is -0.0217. The summed E-state index contributed by atoms with van der Waals surface area (Å²) in [7, 11) is 0. The second kappa shape index (κ2) is 5.55. The Morgan fingerprint density at radius 2 is 2.27 bits per heavy atom. The maximum Gasteiger partial charge on any atom is 0.229 e. The normalized spacial score (nSPS) is 21.5. The van der Waals surface area contributed by atoms with Crippen molar-refractivity contribution in [2.75, 3.05) is 6.54 Å². The van der Waals surface area contributed by atoms with E-state index in [9.17, 15) is 4.79 Å². The molecule has 0 spiro atoms. The summed E-state index contributed by atoms with van der Waals surface area (Å²) in [5.41, 5.74) is 0. The molecule has 1 amide bonds. The van der Waals surface area contributed by atoms with Crippen molar-refractivity contribution in [3.05, 3.63) is 30.4 Å². The molecule has 3 heterocycles. The van der Waals surface area contributed by atoms with Crippen LogP contribution < -0.4 is 0 Å². The molecule has 7 heteroatoms. The fraction of sp³-hybridized carbons (Fsp3) is 0.600. The largest absolute Gasteiger partial charge is 0.339 e. The number of aromatic nitrogens is 4. The summed E-state index contributed by atoms with van der Waals surface area (Å²) in [5.74, 6) is 2.02. The van der Waals surface area contributed by atoms with Gasteiger partial charge >= 0.3 is 0 Å². The minimum absolute atomic E-state index is 0.0217. The van der Waals surface area contributed by atoms with Crippen molar-refractivity contribution >= 4 is 5.91 Å². The molecule has 0 bridgehead atoms. The number of rotatable bonds is 5. The lowest BCUT2D eigenvalue weighted by molar-refractivity contribution is -0.132. The molecule has 0 N–H and O–H groups in total. The second-order valence-electron chi connectivity index (χ2n) is 6.06. The molecule has 116 valence electrons. The quantitative estimate of drug-likeness (QED) is 0.843. The van der Waals surface area contributed by atoms with E-state index in [1.807, 2.05) is 15.7 Å². The Bertz CT molecular complexity index is 647. The molecule has 2 aromatic heterocycles. The summed E-state index contributed by atoms with van der Waals surface area (Å²) in [6, 6.07) is -0.0217. The van der Waals surface area contributed by atoms with Gasteiger partial charge in [-0.25, -0.2) is 4.98 Å². The van der Waals surface area contributed by atoms with Crippen LogP contribution in [-0.4, -0.2) is 37.0 Å². The van der Waals surface area contributed by atoms with Crippen molar-refractivity contribution in [1.82, 2.24) is 24.6 Å². The van der Waals surface area contributed by atoms with Crippen LogP contribution in [0.5, 0.6) is 0 Å². The van der Waals surface area contributed by atoms with Crippen LogP contribution in [0, 0.1) is 0 Å². The van der Waals surface area contributed by atoms with E-state index >= 15 is 0 Å². The van der Waals surface area contributed by atoms with Gasteiger partial charge in [-0.15, -0.1) is 0 Å². The predicted octanol–water partition coefficient (Wildman–Crippen LogP) is 1.90. The van der Waals surface area contributed by atoms with Crippen LogP contribution >= 0.6 is 0 Å². The predicted molar refractivity (Wildman–Crippen MR) is 76.8 cm³/mol. The van der Waals surface area contributed by atoms with Gasteiger partial charge in [0.05, 0.1) is 12.4 Å². The van der Waals surface area contributed by atoms with Gasteiger partial charge in [0.25, 0.3) is 0 Å². The number of likely N-dealkylation sites (tertiary alicyclic amines) is 1. The van der Waals surface area contributed by atoms with Gasteiger partial charge in [0.1, 0.15) is 0 Å². The third kappa shape index (κ3) is 2.63. The zero-order valence-corrected chi connectivity index (χ0v) is 12.4. The molecule has 1 atom stereocenters. The van der Waals surface area contributed by atoms with E-state index in [2.05, 4.69) is 15.1 Å². The fourth-order valence-corrected chi connectivity index (χ4v) is 3.00. The molecule has 0 radical (unpaired) electrons. The molecule has 0 unspecified atom stereocenters. The van der Waals surface area contributed by atoms with Crippen LogP contribution in [0.1, 0.15) is 55.8 Å². The summed E-state index contributed by atoms with van der Waals surface area (Å²) in [4.78, 5) is 22.9. The van der Waals surface area contributed by atoms with E-state index in [1.54, 1.807) is 12.5 Å². The Morgan fingerprint density at radius 3 is 3.05 bits per heavy atom. The zero-order valence-electron chi connectivity index (χ0n) is 12.4. The van der Waals surface area contributed by atoms with E-state index in [1.165, 1.54) is 0 Å². The summed E-state index contributed by atoms with van der Waals surface area (Å²) in [6.45, 7) is 1.43. The highest BCUT2D eigenvalue weighted by molar-refractivity contribution is 5.76. The number of amides is 1. The number of nitrogens with zero attached hydrogens (tertiary/aromatic N) is 5. The van der Waals surface area contributed by atoms with Crippen LogP contribution in [0.15, 0.2) is 23.2 Å². The van der Waals surface area contributed by atoms with Gasteiger partial charge in [-0.1, -0.05) is 5.16 Å². The van der Waals surface area contributed by atoms with Crippen molar-refractivity contribution in [1.29, 1.82) is 0 Å². The van der Waals surface area contributed by atoms with Crippen LogP contribution in [0.2, 0.25) is 0 Å². The molecule has 1 saturated carbocycles. The van der Waals surface area contributed by atoms with Gasteiger partial charge in [-0.2, -0.15) is 4.98 Å². The molecule has 2 fully saturated rings. The summed E-state index contributed by atoms with van der Waals surface area (Å²) in [5, 5.41) is 4.11. The molecule has 2 aromatic rings. The standard InChI is InChI=1S/C15H19N5O2/c21-13(5-8-19-9-6-16-10-19)20-7-1-2-12(20)14-17-15(22-18-14)11-3-4-11/h6,9-12H,1-5,7-8H2/t12-/m1/s1. The van der Waals surface area contributed by atoms with E-state index in [4.69, 9.17) is 4.52 Å². The lowest BCUT2D eigenvalue weighted by Gasteiger charge is -2.22. The average Bonchev–Trinajstić information content (AvgIpc) is 3.02. The first-order chi connectivity index (χ1) is 10.8. The van der Waals surface area contributed by atoms with Gasteiger partial charge in [0.2, 0.25) is 11.8 Å². The molecular weight excluding hydrogens is 282 g/mol. The van der Waals surface area contributed by atoms with Gasteiger partial charge in [-0.05, 0) is 25.7 Å². The lowest BCUT2D eigenvalue weighted by atomic mass is 10.2. The minimum Gasteiger partial charge on any atom is -0.339 e. The van der Waals surface area contributed by atoms with Crippen LogP contribution in [-0.2, 0) is 11.3 Å². The van der Waals surface area contributed by atoms with E-state index in [0.717, 1.165) is 38.1 Å². The average molecular weight is 301 g/mol. The van der Waals surface area contributed by atoms with Crippen molar-refractivity contribution in [3.8, 4) is 0 Å². The molecule has 0 aromatic carbocycles. The molecule has 1 aliphatic heterocycles. The third-order valence-electron chi connectivity index (χ3n) is 4.40. The van der Waals surface area contributed by atoms with Crippen LogP contribution in [0.3, 0.4) is 0 Å². The first-order valence-corrected chi connectivity index (χ1v) is 7.90. The Labute approximate surface area is 128 Å². The van der Waals surface area contributed by atoms with E-state index < -0.39 is 0 Å². The van der Waals surface area contributed by atoms with Crippen molar-refractivity contribution in [3.63, 3.8) is 0 Å². The highest BCUT2D eigenvalue weighted by atomic mass is 16.5. The molecule has 1 aliphatic carbocycles. The van der Waals surface area contributed by atoms with Crippen LogP contribution in [0.25, 0.3) is 0 Å². The number of hydrogen-bond donors (Lipinski definition) is 0. The fourth-order valence-electron chi connectivity index (χ4n) is 3.00. The maximum absolute atomic E-state index is 12.5. The first kappa shape index (κ1) is 13.5. The van der Waals surface area contributed by atoms with Gasteiger partial charge in [-0.3, -0.25) is 4.79 Å². The molecule has 7 nitrogen and oxygen atoms in total. The Kier molecular flexibility index (Phi) is 3.40. The topological polar surface area (TPSA) is 77.0 Å². The second-order valence-corrected chi connectivity index (χ2v) is 6.06. The Hall–Kier alpha value is -2.18. The van der Waals surface area contributed by atoms with Crippen molar-refractivity contribution in [2.45, 2.75) is 50.6 Å². The highest BCUT2D eigenvalue weighted by Gasteiger charge is 2.35. The number of hydrogen-bond acceptors (Lipinski definition) is 5. The monoisotopic (exact) mass is 301 g/mol. The van der Waals surface area contributed by atoms with Crippen molar-refractivity contribution < 1.29 is 9.32 Å². The van der Waals surface area contributed by atoms with Gasteiger partial charge in [0, 0.05) is 37.8 Å². The van der Waals surface area contributed by atoms with E-state index in [-0.39, 0.29) is 11.9 Å². The SMILES string of the molecule is O=C(CCn1ccnc1)N1CCC[C@@H]1c1noc(C2CC2)n1. The lowest BCUT2D eigenvalue weighted by Crippen LogP contribution is -2.31. The van der Waals surface area contributed by atoms with E-state index in [0.29, 0.717) is 24.7 Å². The summed E-state index contributed by atoms with van der Waals surface area (Å²) in [6.07, 6.45) is 9.99. The van der Waals surface area contributed by atoms with Gasteiger partial charge in [0.15, 0.2) is 5.82 Å². The molecule has 22 heavy (non-hydrogen) atoms.